The summed E-state index contributed by atoms with van der Waals surface area (Å²) >= 11 is 0. The maximum Gasteiger partial charge on any atom is 0.0475 e. The number of anilines is 1. The van der Waals surface area contributed by atoms with Crippen LogP contribution in [-0.2, 0) is 0 Å². The van der Waals surface area contributed by atoms with Crippen LogP contribution in [0.3, 0.4) is 0 Å². The van der Waals surface area contributed by atoms with Crippen LogP contribution in [0.4, 0.5) is 5.69 Å². The number of benzene rings is 1. The van der Waals surface area contributed by atoms with Crippen LogP contribution in [0.25, 0.3) is 5.57 Å². The molecule has 0 aliphatic heterocycles. The Labute approximate surface area is 192 Å². The lowest BCUT2D eigenvalue weighted by molar-refractivity contribution is 0.301. The molecule has 2 nitrogen and oxygen atoms in total. The van der Waals surface area contributed by atoms with Crippen molar-refractivity contribution in [3.8, 4) is 0 Å². The van der Waals surface area contributed by atoms with Gasteiger partial charge in [-0.05, 0) is 73.6 Å². The predicted octanol–water partition coefficient (Wildman–Crippen LogP) is 6.89. The minimum Gasteiger partial charge on any atom is -0.398 e. The van der Waals surface area contributed by atoms with Crippen LogP contribution in [0.15, 0.2) is 102 Å². The lowest BCUT2D eigenvalue weighted by Gasteiger charge is -2.36. The molecule has 0 heterocycles. The fourth-order valence-corrected chi connectivity index (χ4v) is 5.60. The van der Waals surface area contributed by atoms with Crippen molar-refractivity contribution >= 4 is 11.3 Å². The topological polar surface area (TPSA) is 38.0 Å². The van der Waals surface area contributed by atoms with Gasteiger partial charge < -0.3 is 11.1 Å². The van der Waals surface area contributed by atoms with Gasteiger partial charge in [-0.15, -0.1) is 0 Å². The molecular formula is C30H34N2. The Hall–Kier alpha value is -3.00. The van der Waals surface area contributed by atoms with E-state index in [-0.39, 0.29) is 0 Å². The molecule has 0 amide bonds. The summed E-state index contributed by atoms with van der Waals surface area (Å²) in [7, 11) is 0. The highest BCUT2D eigenvalue weighted by Gasteiger charge is 2.30. The molecule has 0 saturated carbocycles. The van der Waals surface area contributed by atoms with Crippen LogP contribution in [0, 0.1) is 17.8 Å². The fourth-order valence-electron chi connectivity index (χ4n) is 5.60. The maximum absolute atomic E-state index is 6.27. The minimum absolute atomic E-state index is 0.422. The standard InChI is InChI=1S/C30H34N2/c31-29-18-6-4-16-27(29)24-12-8-10-22(20-24)23-11-9-13-25(21-23)28-17-5-7-19-30(28)32-26-14-2-1-3-15-26/h1-2,4,6-12,14,16,18-19,21-22,25,28,30,32H,3,5,13,15,17,20,31H2. The molecule has 0 saturated heterocycles. The third-order valence-electron chi connectivity index (χ3n) is 7.33. The zero-order valence-corrected chi connectivity index (χ0v) is 18.8. The van der Waals surface area contributed by atoms with Gasteiger partial charge in [-0.1, -0.05) is 79.0 Å². The van der Waals surface area contributed by atoms with E-state index in [2.05, 4.69) is 84.3 Å². The van der Waals surface area contributed by atoms with Gasteiger partial charge in [0.05, 0.1) is 0 Å². The zero-order valence-electron chi connectivity index (χ0n) is 18.8. The van der Waals surface area contributed by atoms with Gasteiger partial charge >= 0.3 is 0 Å². The molecule has 2 heteroatoms. The Morgan fingerprint density at radius 2 is 1.88 bits per heavy atom. The summed E-state index contributed by atoms with van der Waals surface area (Å²) < 4.78 is 0. The van der Waals surface area contributed by atoms with Gasteiger partial charge in [-0.3, -0.25) is 0 Å². The molecule has 0 aromatic heterocycles. The summed E-state index contributed by atoms with van der Waals surface area (Å²) in [6.45, 7) is 0. The zero-order chi connectivity index (χ0) is 21.8. The molecule has 32 heavy (non-hydrogen) atoms. The van der Waals surface area contributed by atoms with Crippen molar-refractivity contribution in [3.63, 3.8) is 0 Å². The van der Waals surface area contributed by atoms with E-state index in [0.29, 0.717) is 23.8 Å². The lowest BCUT2D eigenvalue weighted by Crippen LogP contribution is -2.39. The van der Waals surface area contributed by atoms with Crippen LogP contribution in [-0.4, -0.2) is 6.04 Å². The van der Waals surface area contributed by atoms with Gasteiger partial charge in [-0.2, -0.15) is 0 Å². The van der Waals surface area contributed by atoms with Crippen LogP contribution in [0.5, 0.6) is 0 Å². The first kappa shape index (κ1) is 20.9. The fraction of sp³-hybridized carbons (Fsp3) is 0.333. The average molecular weight is 423 g/mol. The van der Waals surface area contributed by atoms with Crippen molar-refractivity contribution in [3.05, 3.63) is 108 Å². The van der Waals surface area contributed by atoms with E-state index in [1.165, 1.54) is 35.2 Å². The highest BCUT2D eigenvalue weighted by molar-refractivity contribution is 5.77. The van der Waals surface area contributed by atoms with E-state index < -0.39 is 0 Å². The Morgan fingerprint density at radius 3 is 2.75 bits per heavy atom. The summed E-state index contributed by atoms with van der Waals surface area (Å²) in [5.74, 6) is 1.64. The maximum atomic E-state index is 6.27. The molecule has 4 aliphatic carbocycles. The molecule has 5 rings (SSSR count). The molecule has 4 atom stereocenters. The first-order valence-corrected chi connectivity index (χ1v) is 12.2. The monoisotopic (exact) mass is 422 g/mol. The summed E-state index contributed by atoms with van der Waals surface area (Å²) in [6, 6.07) is 8.66. The number of nitrogens with one attached hydrogen (secondary N) is 1. The number of nitrogens with two attached hydrogens (primary N) is 1. The number of rotatable bonds is 5. The molecule has 0 spiro atoms. The Bertz CT molecular complexity index is 1050. The largest absolute Gasteiger partial charge is 0.398 e. The molecule has 0 radical (unpaired) electrons. The first-order valence-electron chi connectivity index (χ1n) is 12.2. The highest BCUT2D eigenvalue weighted by Crippen LogP contribution is 2.39. The molecule has 1 aromatic rings. The number of para-hydroxylation sites is 1. The van der Waals surface area contributed by atoms with Gasteiger partial charge in [-0.25, -0.2) is 0 Å². The second-order valence-corrected chi connectivity index (χ2v) is 9.44. The second kappa shape index (κ2) is 9.65. The molecule has 0 fully saturated rings. The van der Waals surface area contributed by atoms with E-state index in [9.17, 15) is 0 Å². The number of hydrogen-bond donors (Lipinski definition) is 2. The van der Waals surface area contributed by atoms with Crippen molar-refractivity contribution in [2.75, 3.05) is 5.73 Å². The summed E-state index contributed by atoms with van der Waals surface area (Å²) in [5.41, 5.74) is 12.5. The molecule has 4 unspecified atom stereocenters. The first-order chi connectivity index (χ1) is 15.8. The Morgan fingerprint density at radius 1 is 0.938 bits per heavy atom. The summed E-state index contributed by atoms with van der Waals surface area (Å²) in [6.07, 6.45) is 32.5. The molecule has 4 aliphatic rings. The molecule has 0 bridgehead atoms. The van der Waals surface area contributed by atoms with E-state index in [4.69, 9.17) is 5.73 Å². The van der Waals surface area contributed by atoms with E-state index in [0.717, 1.165) is 31.4 Å². The van der Waals surface area contributed by atoms with Crippen molar-refractivity contribution in [2.24, 2.45) is 17.8 Å². The minimum atomic E-state index is 0.422. The number of allylic oxidation sites excluding steroid dienone is 13. The summed E-state index contributed by atoms with van der Waals surface area (Å²) in [4.78, 5) is 0. The molecule has 3 N–H and O–H groups in total. The van der Waals surface area contributed by atoms with Gasteiger partial charge in [0.2, 0.25) is 0 Å². The second-order valence-electron chi connectivity index (χ2n) is 9.44. The Kier molecular flexibility index (Phi) is 6.29. The van der Waals surface area contributed by atoms with Crippen molar-refractivity contribution in [1.82, 2.24) is 5.32 Å². The highest BCUT2D eigenvalue weighted by atomic mass is 14.9. The lowest BCUT2D eigenvalue weighted by atomic mass is 9.73. The third kappa shape index (κ3) is 4.60. The van der Waals surface area contributed by atoms with Gasteiger partial charge in [0.15, 0.2) is 0 Å². The van der Waals surface area contributed by atoms with E-state index in [1.54, 1.807) is 0 Å². The van der Waals surface area contributed by atoms with E-state index in [1.807, 2.05) is 12.1 Å². The SMILES string of the molecule is Nc1ccccc1C1=CC=CC(C2=CC(C3CCC=CC3NC3=CC=CCC3)CC=C2)C1. The van der Waals surface area contributed by atoms with Crippen LogP contribution in [0.1, 0.15) is 44.1 Å². The van der Waals surface area contributed by atoms with Gasteiger partial charge in [0.25, 0.3) is 0 Å². The normalized spacial score (nSPS) is 29.3. The summed E-state index contributed by atoms with van der Waals surface area (Å²) in [5, 5.41) is 3.87. The quantitative estimate of drug-likeness (QED) is 0.400. The molecular weight excluding hydrogens is 388 g/mol. The van der Waals surface area contributed by atoms with Crippen molar-refractivity contribution in [1.29, 1.82) is 0 Å². The van der Waals surface area contributed by atoms with Gasteiger partial charge in [0, 0.05) is 28.9 Å². The Balaban J connectivity index is 1.32. The molecule has 164 valence electrons. The molecule has 1 aromatic carbocycles. The smallest absolute Gasteiger partial charge is 0.0475 e. The van der Waals surface area contributed by atoms with Gasteiger partial charge in [0.1, 0.15) is 0 Å². The number of hydrogen-bond acceptors (Lipinski definition) is 2. The number of nitrogen functional groups attached to an aromatic ring is 1. The van der Waals surface area contributed by atoms with Crippen LogP contribution >= 0.6 is 0 Å². The van der Waals surface area contributed by atoms with Crippen molar-refractivity contribution < 1.29 is 0 Å². The van der Waals surface area contributed by atoms with Crippen LogP contribution in [0.2, 0.25) is 0 Å². The third-order valence-corrected chi connectivity index (χ3v) is 7.33. The average Bonchev–Trinajstić information content (AvgIpc) is 2.85. The van der Waals surface area contributed by atoms with Crippen LogP contribution < -0.4 is 11.1 Å². The van der Waals surface area contributed by atoms with Crippen molar-refractivity contribution in [2.45, 2.75) is 44.6 Å². The predicted molar refractivity (Wildman–Crippen MR) is 137 cm³/mol. The van der Waals surface area contributed by atoms with E-state index >= 15 is 0 Å².